The first-order chi connectivity index (χ1) is 8.08. The molecule has 1 aromatic carbocycles. The molecule has 2 atom stereocenters. The number of nitrogens with two attached hydrogens (primary N) is 1. The topological polar surface area (TPSA) is 29.3 Å². The summed E-state index contributed by atoms with van der Waals surface area (Å²) >= 11 is 12.0. The maximum absolute atomic E-state index is 6.05. The van der Waals surface area contributed by atoms with Gasteiger partial charge in [0.25, 0.3) is 0 Å². The summed E-state index contributed by atoms with van der Waals surface area (Å²) < 4.78 is 0. The number of rotatable bonds is 2. The third-order valence-electron chi connectivity index (χ3n) is 3.46. The molecule has 1 aromatic rings. The van der Waals surface area contributed by atoms with Crippen LogP contribution in [0.3, 0.4) is 0 Å². The highest BCUT2D eigenvalue weighted by molar-refractivity contribution is 6.42. The number of hydrogen-bond acceptors (Lipinski definition) is 2. The van der Waals surface area contributed by atoms with Gasteiger partial charge < -0.3 is 5.73 Å². The second kappa shape index (κ2) is 5.57. The molecule has 0 radical (unpaired) electrons. The molecule has 0 aliphatic carbocycles. The van der Waals surface area contributed by atoms with Crippen molar-refractivity contribution in [2.24, 2.45) is 5.73 Å². The maximum atomic E-state index is 6.05. The van der Waals surface area contributed by atoms with E-state index in [1.807, 2.05) is 18.2 Å². The second-order valence-electron chi connectivity index (χ2n) is 4.75. The molecule has 1 saturated heterocycles. The molecule has 94 valence electrons. The first-order valence-corrected chi connectivity index (χ1v) is 6.78. The van der Waals surface area contributed by atoms with Crippen LogP contribution in [0.1, 0.15) is 31.4 Å². The van der Waals surface area contributed by atoms with E-state index in [0.717, 1.165) is 19.5 Å². The zero-order valence-corrected chi connectivity index (χ0v) is 11.5. The maximum Gasteiger partial charge on any atom is 0.0595 e. The van der Waals surface area contributed by atoms with Gasteiger partial charge >= 0.3 is 0 Å². The highest BCUT2D eigenvalue weighted by atomic mass is 35.5. The van der Waals surface area contributed by atoms with Crippen LogP contribution in [0, 0.1) is 0 Å². The molecule has 0 saturated carbocycles. The summed E-state index contributed by atoms with van der Waals surface area (Å²) in [7, 11) is 0. The highest BCUT2D eigenvalue weighted by Crippen LogP contribution is 2.29. The number of likely N-dealkylation sites (tertiary alicyclic amines) is 1. The summed E-state index contributed by atoms with van der Waals surface area (Å²) in [6.07, 6.45) is 2.30. The molecule has 1 aliphatic heterocycles. The fraction of sp³-hybridized carbons (Fsp3) is 0.538. The average molecular weight is 273 g/mol. The minimum absolute atomic E-state index is 0.300. The van der Waals surface area contributed by atoms with Crippen LogP contribution in [0.2, 0.25) is 10.0 Å². The second-order valence-corrected chi connectivity index (χ2v) is 5.56. The SMILES string of the molecule is CC(c1ccc(Cl)c(Cl)c1)N1CCCC(N)C1. The fourth-order valence-electron chi connectivity index (χ4n) is 2.38. The van der Waals surface area contributed by atoms with Crippen molar-refractivity contribution in [1.82, 2.24) is 4.90 Å². The number of piperidine rings is 1. The quantitative estimate of drug-likeness (QED) is 0.893. The van der Waals surface area contributed by atoms with Gasteiger partial charge in [-0.25, -0.2) is 0 Å². The minimum atomic E-state index is 0.300. The molecule has 1 aliphatic rings. The van der Waals surface area contributed by atoms with Crippen LogP contribution >= 0.6 is 23.2 Å². The summed E-state index contributed by atoms with van der Waals surface area (Å²) in [6.45, 7) is 4.26. The van der Waals surface area contributed by atoms with Crippen LogP contribution < -0.4 is 5.73 Å². The Morgan fingerprint density at radius 2 is 2.12 bits per heavy atom. The zero-order valence-electron chi connectivity index (χ0n) is 10.00. The molecule has 4 heteroatoms. The van der Waals surface area contributed by atoms with Crippen molar-refractivity contribution >= 4 is 23.2 Å². The van der Waals surface area contributed by atoms with Crippen molar-refractivity contribution in [2.75, 3.05) is 13.1 Å². The molecule has 0 aromatic heterocycles. The van der Waals surface area contributed by atoms with Gasteiger partial charge in [0.05, 0.1) is 10.0 Å². The molecule has 2 unspecified atom stereocenters. The van der Waals surface area contributed by atoms with Crippen LogP contribution in [-0.2, 0) is 0 Å². The normalized spacial score (nSPS) is 23.6. The molecule has 1 fully saturated rings. The van der Waals surface area contributed by atoms with Gasteiger partial charge in [-0.15, -0.1) is 0 Å². The molecule has 2 N–H and O–H groups in total. The van der Waals surface area contributed by atoms with Crippen LogP contribution in [0.4, 0.5) is 0 Å². The van der Waals surface area contributed by atoms with E-state index in [1.165, 1.54) is 12.0 Å². The summed E-state index contributed by atoms with van der Waals surface area (Å²) in [4.78, 5) is 2.41. The Balaban J connectivity index is 2.12. The summed E-state index contributed by atoms with van der Waals surface area (Å²) in [5.41, 5.74) is 7.21. The Kier molecular flexibility index (Phi) is 4.31. The van der Waals surface area contributed by atoms with Gasteiger partial charge in [0.15, 0.2) is 0 Å². The van der Waals surface area contributed by atoms with Crippen LogP contribution in [0.25, 0.3) is 0 Å². The Morgan fingerprint density at radius 1 is 1.35 bits per heavy atom. The smallest absolute Gasteiger partial charge is 0.0595 e. The lowest BCUT2D eigenvalue weighted by molar-refractivity contribution is 0.159. The van der Waals surface area contributed by atoms with E-state index >= 15 is 0 Å². The van der Waals surface area contributed by atoms with Gasteiger partial charge in [0.1, 0.15) is 0 Å². The van der Waals surface area contributed by atoms with Crippen molar-refractivity contribution in [3.63, 3.8) is 0 Å². The number of halogens is 2. The Hall–Kier alpha value is -0.280. The lowest BCUT2D eigenvalue weighted by Gasteiger charge is -2.35. The molecule has 1 heterocycles. The molecule has 0 amide bonds. The standard InChI is InChI=1S/C13H18Cl2N2/c1-9(17-6-2-3-11(16)8-17)10-4-5-12(14)13(15)7-10/h4-5,7,9,11H,2-3,6,8,16H2,1H3. The van der Waals surface area contributed by atoms with E-state index in [4.69, 9.17) is 28.9 Å². The highest BCUT2D eigenvalue weighted by Gasteiger charge is 2.22. The summed E-state index contributed by atoms with van der Waals surface area (Å²) in [6, 6.07) is 6.50. The van der Waals surface area contributed by atoms with Gasteiger partial charge in [0, 0.05) is 18.6 Å². The fourth-order valence-corrected chi connectivity index (χ4v) is 2.68. The zero-order chi connectivity index (χ0) is 12.4. The van der Waals surface area contributed by atoms with Crippen molar-refractivity contribution in [2.45, 2.75) is 31.8 Å². The molecule has 0 spiro atoms. The van der Waals surface area contributed by atoms with Gasteiger partial charge in [-0.2, -0.15) is 0 Å². The molecular formula is C13H18Cl2N2. The molecule has 2 rings (SSSR count). The Morgan fingerprint density at radius 3 is 2.76 bits per heavy atom. The van der Waals surface area contributed by atoms with Crippen LogP contribution in [-0.4, -0.2) is 24.0 Å². The number of nitrogens with zero attached hydrogens (tertiary/aromatic N) is 1. The lowest BCUT2D eigenvalue weighted by atomic mass is 10.0. The third-order valence-corrected chi connectivity index (χ3v) is 4.20. The summed E-state index contributed by atoms with van der Waals surface area (Å²) in [5.74, 6) is 0. The first-order valence-electron chi connectivity index (χ1n) is 6.02. The van der Waals surface area contributed by atoms with Crippen molar-refractivity contribution in [3.8, 4) is 0 Å². The van der Waals surface area contributed by atoms with Crippen molar-refractivity contribution in [3.05, 3.63) is 33.8 Å². The minimum Gasteiger partial charge on any atom is -0.327 e. The van der Waals surface area contributed by atoms with Crippen molar-refractivity contribution < 1.29 is 0 Å². The predicted octanol–water partition coefficient (Wildman–Crippen LogP) is 3.48. The van der Waals surface area contributed by atoms with Gasteiger partial charge in [-0.3, -0.25) is 4.90 Å². The summed E-state index contributed by atoms with van der Waals surface area (Å²) in [5, 5.41) is 1.23. The number of benzene rings is 1. The van der Waals surface area contributed by atoms with E-state index < -0.39 is 0 Å². The average Bonchev–Trinajstić information content (AvgIpc) is 2.32. The van der Waals surface area contributed by atoms with E-state index in [2.05, 4.69) is 11.8 Å². The van der Waals surface area contributed by atoms with E-state index in [-0.39, 0.29) is 0 Å². The van der Waals surface area contributed by atoms with E-state index in [9.17, 15) is 0 Å². The Labute approximate surface area is 113 Å². The number of hydrogen-bond donors (Lipinski definition) is 1. The predicted molar refractivity (Wildman–Crippen MR) is 73.7 cm³/mol. The van der Waals surface area contributed by atoms with Crippen LogP contribution in [0.15, 0.2) is 18.2 Å². The molecular weight excluding hydrogens is 255 g/mol. The van der Waals surface area contributed by atoms with Crippen molar-refractivity contribution in [1.29, 1.82) is 0 Å². The molecule has 0 bridgehead atoms. The van der Waals surface area contributed by atoms with E-state index in [1.54, 1.807) is 0 Å². The lowest BCUT2D eigenvalue weighted by Crippen LogP contribution is -2.43. The monoisotopic (exact) mass is 272 g/mol. The van der Waals surface area contributed by atoms with Gasteiger partial charge in [-0.05, 0) is 44.0 Å². The largest absolute Gasteiger partial charge is 0.327 e. The first kappa shape index (κ1) is 13.2. The molecule has 17 heavy (non-hydrogen) atoms. The van der Waals surface area contributed by atoms with Gasteiger partial charge in [-0.1, -0.05) is 29.3 Å². The van der Waals surface area contributed by atoms with Crippen LogP contribution in [0.5, 0.6) is 0 Å². The third kappa shape index (κ3) is 3.14. The van der Waals surface area contributed by atoms with Gasteiger partial charge in [0.2, 0.25) is 0 Å². The van der Waals surface area contributed by atoms with E-state index in [0.29, 0.717) is 22.1 Å². The molecule has 2 nitrogen and oxygen atoms in total. The Bertz CT molecular complexity index is 395.